The Morgan fingerprint density at radius 3 is 0.605 bits per heavy atom. The van der Waals surface area contributed by atoms with E-state index in [4.69, 9.17) is 16.5 Å². The predicted octanol–water partition coefficient (Wildman–Crippen LogP) is 11.6. The number of benzene rings is 8. The molecule has 1 aliphatic heterocycles. The molecule has 376 valence electrons. The number of hydrogen-bond donors (Lipinski definition) is 0. The Labute approximate surface area is 449 Å². The molecule has 8 nitrogen and oxygen atoms in total. The minimum atomic E-state index is -3.70. The molecule has 0 amide bonds. The molecule has 0 unspecified atom stereocenters. The van der Waals surface area contributed by atoms with Gasteiger partial charge in [-0.3, -0.25) is 19.2 Å². The molecular formula is C64H56O8Si4. The highest BCUT2D eigenvalue weighted by Gasteiger charge is 2.60. The SMILES string of the molecule is C[Si]1(c2ccc(C(=O)C=Cc3ccccc3)cc2)O[Si](C)(c2ccc(C(=O)C=Cc3ccccc3)cc2)O[Si](C)(c2ccc(C(=O)C=Cc3ccccc3)cc2)O[Si](C)(c2ccc(C(=O)C=Cc3ccccc3)cc2)O1. The summed E-state index contributed by atoms with van der Waals surface area (Å²) < 4.78 is 30.6. The van der Waals surface area contributed by atoms with Crippen LogP contribution in [0.3, 0.4) is 0 Å². The van der Waals surface area contributed by atoms with Crippen molar-refractivity contribution >= 4 is 102 Å². The Morgan fingerprint density at radius 2 is 0.434 bits per heavy atom. The molecule has 0 N–H and O–H groups in total. The normalized spacial score (nSPS) is 20.9. The van der Waals surface area contributed by atoms with Crippen molar-refractivity contribution in [2.45, 2.75) is 26.2 Å². The van der Waals surface area contributed by atoms with E-state index in [0.29, 0.717) is 22.3 Å². The number of allylic oxidation sites excluding steroid dienone is 4. The summed E-state index contributed by atoms with van der Waals surface area (Å²) in [5, 5.41) is 2.97. The maximum Gasteiger partial charge on any atom is 0.352 e. The molecule has 0 spiro atoms. The van der Waals surface area contributed by atoms with Crippen LogP contribution in [0.5, 0.6) is 0 Å². The van der Waals surface area contributed by atoms with E-state index in [1.165, 1.54) is 0 Å². The summed E-state index contributed by atoms with van der Waals surface area (Å²) in [6.07, 6.45) is 13.4. The van der Waals surface area contributed by atoms with E-state index in [0.717, 1.165) is 43.0 Å². The summed E-state index contributed by atoms with van der Waals surface area (Å²) in [6.45, 7) is 7.92. The number of hydrogen-bond acceptors (Lipinski definition) is 8. The van der Waals surface area contributed by atoms with Crippen molar-refractivity contribution in [1.82, 2.24) is 0 Å². The van der Waals surface area contributed by atoms with E-state index in [1.807, 2.05) is 196 Å². The lowest BCUT2D eigenvalue weighted by Crippen LogP contribution is -2.77. The van der Waals surface area contributed by atoms with Gasteiger partial charge in [-0.1, -0.05) is 243 Å². The Morgan fingerprint density at radius 1 is 0.263 bits per heavy atom. The summed E-state index contributed by atoms with van der Waals surface area (Å²) in [6, 6.07) is 68.1. The van der Waals surface area contributed by atoms with Crippen LogP contribution in [0.2, 0.25) is 26.2 Å². The molecule has 9 rings (SSSR count). The fraction of sp³-hybridized carbons (Fsp3) is 0.0625. The Kier molecular flexibility index (Phi) is 16.3. The second-order valence-corrected chi connectivity index (χ2v) is 32.1. The molecule has 0 radical (unpaired) electrons. The van der Waals surface area contributed by atoms with Gasteiger partial charge in [0.25, 0.3) is 0 Å². The first-order valence-corrected chi connectivity index (χ1v) is 34.3. The molecule has 76 heavy (non-hydrogen) atoms. The first kappa shape index (κ1) is 53.0. The Bertz CT molecular complexity index is 2980. The standard InChI is InChI=1S/C64H56O8Si4/c1-73(57-37-29-53(30-38-57)61(65)45-25-49-17-9-5-10-18-49)69-74(2,58-39-31-54(32-40-58)62(66)46-26-50-19-11-6-12-20-50)71-76(4,60-43-35-56(36-44-60)64(68)48-28-52-23-15-8-16-24-52)72-75(3,70-73)59-41-33-55(34-42-59)63(67)47-27-51-21-13-7-14-22-51/h5-48H,1-4H3. The molecule has 0 aromatic heterocycles. The monoisotopic (exact) mass is 1060 g/mol. The van der Waals surface area contributed by atoms with Crippen LogP contribution >= 0.6 is 0 Å². The molecule has 1 aliphatic rings. The van der Waals surface area contributed by atoms with Gasteiger partial charge in [0.1, 0.15) is 0 Å². The van der Waals surface area contributed by atoms with Gasteiger partial charge in [-0.2, -0.15) is 0 Å². The largest absolute Gasteiger partial charge is 0.409 e. The Balaban J connectivity index is 1.12. The molecule has 8 aromatic rings. The van der Waals surface area contributed by atoms with E-state index < -0.39 is 34.2 Å². The van der Waals surface area contributed by atoms with Crippen molar-refractivity contribution in [3.05, 3.63) is 287 Å². The third kappa shape index (κ3) is 12.8. The van der Waals surface area contributed by atoms with E-state index in [2.05, 4.69) is 0 Å². The maximum atomic E-state index is 13.6. The van der Waals surface area contributed by atoms with Crippen molar-refractivity contribution in [1.29, 1.82) is 0 Å². The van der Waals surface area contributed by atoms with Crippen LogP contribution in [-0.4, -0.2) is 57.4 Å². The number of carbonyl (C=O) groups excluding carboxylic acids is 4. The lowest BCUT2D eigenvalue weighted by molar-refractivity contribution is 0.103. The average molecular weight is 1070 g/mol. The van der Waals surface area contributed by atoms with Crippen LogP contribution < -0.4 is 20.7 Å². The summed E-state index contributed by atoms with van der Waals surface area (Å²) in [7, 11) is -14.8. The maximum absolute atomic E-state index is 13.6. The molecule has 0 atom stereocenters. The van der Waals surface area contributed by atoms with Crippen molar-refractivity contribution in [3.8, 4) is 0 Å². The van der Waals surface area contributed by atoms with Crippen LogP contribution in [0.1, 0.15) is 63.7 Å². The summed E-state index contributed by atoms with van der Waals surface area (Å²) >= 11 is 0. The van der Waals surface area contributed by atoms with E-state index in [1.54, 1.807) is 97.1 Å². The zero-order valence-electron chi connectivity index (χ0n) is 42.7. The van der Waals surface area contributed by atoms with E-state index in [-0.39, 0.29) is 23.1 Å². The molecule has 12 heteroatoms. The fourth-order valence-electron chi connectivity index (χ4n) is 9.12. The van der Waals surface area contributed by atoms with Gasteiger partial charge in [0.2, 0.25) is 0 Å². The third-order valence-electron chi connectivity index (χ3n) is 13.2. The molecular weight excluding hydrogens is 1010 g/mol. The summed E-state index contributed by atoms with van der Waals surface area (Å²) in [4.78, 5) is 54.2. The summed E-state index contributed by atoms with van der Waals surface area (Å²) in [5.74, 6) is -0.630. The molecule has 0 aliphatic carbocycles. The molecule has 1 heterocycles. The second-order valence-electron chi connectivity index (χ2n) is 18.9. The highest BCUT2D eigenvalue weighted by Crippen LogP contribution is 2.32. The zero-order valence-corrected chi connectivity index (χ0v) is 46.7. The smallest absolute Gasteiger partial charge is 0.352 e. The number of rotatable bonds is 16. The molecule has 0 saturated carbocycles. The zero-order chi connectivity index (χ0) is 53.2. The van der Waals surface area contributed by atoms with E-state index in [9.17, 15) is 19.2 Å². The minimum Gasteiger partial charge on any atom is -0.409 e. The van der Waals surface area contributed by atoms with Gasteiger partial charge in [-0.15, -0.1) is 0 Å². The third-order valence-corrected chi connectivity index (χ3v) is 31.2. The minimum absolute atomic E-state index is 0.157. The lowest BCUT2D eigenvalue weighted by Gasteiger charge is -2.50. The molecule has 0 bridgehead atoms. The number of ketones is 4. The van der Waals surface area contributed by atoms with Gasteiger partial charge >= 0.3 is 34.2 Å². The van der Waals surface area contributed by atoms with Crippen LogP contribution in [0.4, 0.5) is 0 Å². The van der Waals surface area contributed by atoms with Gasteiger partial charge in [-0.05, 0) is 93.5 Å². The van der Waals surface area contributed by atoms with Crippen LogP contribution in [0.25, 0.3) is 24.3 Å². The van der Waals surface area contributed by atoms with Gasteiger partial charge in [0, 0.05) is 22.3 Å². The summed E-state index contributed by atoms with van der Waals surface area (Å²) in [5.41, 5.74) is 5.62. The van der Waals surface area contributed by atoms with Crippen LogP contribution in [0, 0.1) is 0 Å². The van der Waals surface area contributed by atoms with Gasteiger partial charge < -0.3 is 16.5 Å². The van der Waals surface area contributed by atoms with Gasteiger partial charge in [-0.25, -0.2) is 0 Å². The lowest BCUT2D eigenvalue weighted by atomic mass is 10.1. The van der Waals surface area contributed by atoms with Crippen LogP contribution in [-0.2, 0) is 16.5 Å². The molecule has 1 fully saturated rings. The highest BCUT2D eigenvalue weighted by molar-refractivity contribution is 7.05. The molecule has 8 aromatic carbocycles. The topological polar surface area (TPSA) is 105 Å². The molecule has 1 saturated heterocycles. The first-order valence-electron chi connectivity index (χ1n) is 25.0. The fourth-order valence-corrected chi connectivity index (χ4v) is 30.0. The number of carbonyl (C=O) groups is 4. The van der Waals surface area contributed by atoms with Crippen molar-refractivity contribution < 1.29 is 35.6 Å². The average Bonchev–Trinajstić information content (AvgIpc) is 3.46. The predicted molar refractivity (Wildman–Crippen MR) is 314 cm³/mol. The van der Waals surface area contributed by atoms with Crippen molar-refractivity contribution in [2.75, 3.05) is 0 Å². The van der Waals surface area contributed by atoms with Gasteiger partial charge in [0.05, 0.1) is 0 Å². The first-order chi connectivity index (χ1) is 36.7. The van der Waals surface area contributed by atoms with Crippen LogP contribution in [0.15, 0.2) is 243 Å². The quantitative estimate of drug-likeness (QED) is 0.0535. The second kappa shape index (κ2) is 23.3. The van der Waals surface area contributed by atoms with E-state index >= 15 is 0 Å². The van der Waals surface area contributed by atoms with Crippen molar-refractivity contribution in [3.63, 3.8) is 0 Å². The highest BCUT2D eigenvalue weighted by atomic mass is 28.5. The van der Waals surface area contributed by atoms with Gasteiger partial charge in [0.15, 0.2) is 23.1 Å². The van der Waals surface area contributed by atoms with Crippen molar-refractivity contribution in [2.24, 2.45) is 0 Å². The Hall–Kier alpha value is -7.89.